The molecule has 230 valence electrons. The molecule has 1 aliphatic heterocycles. The van der Waals surface area contributed by atoms with Crippen LogP contribution in [-0.4, -0.2) is 5.78 Å². The molecule has 0 aromatic heterocycles. The second kappa shape index (κ2) is 10.5. The second-order valence-corrected chi connectivity index (χ2v) is 13.8. The minimum absolute atomic E-state index is 0.000314. The predicted octanol–water partition coefficient (Wildman–Crippen LogP) is 12.4. The van der Waals surface area contributed by atoms with Crippen molar-refractivity contribution in [2.24, 2.45) is 0 Å². The van der Waals surface area contributed by atoms with E-state index in [1.165, 1.54) is 27.1 Å². The van der Waals surface area contributed by atoms with Crippen LogP contribution in [0.15, 0.2) is 152 Å². The van der Waals surface area contributed by atoms with Gasteiger partial charge in [-0.1, -0.05) is 118 Å². The van der Waals surface area contributed by atoms with Crippen LogP contribution < -0.4 is 9.80 Å². The molecule has 0 unspecified atom stereocenters. The van der Waals surface area contributed by atoms with Gasteiger partial charge in [0.2, 0.25) is 0 Å². The summed E-state index contributed by atoms with van der Waals surface area (Å²) in [5, 5.41) is 7.32. The van der Waals surface area contributed by atoms with E-state index in [2.05, 4.69) is 134 Å². The highest BCUT2D eigenvalue weighted by Gasteiger charge is 2.27. The Labute approximate surface area is 280 Å². The number of rotatable bonds is 2. The minimum Gasteiger partial charge on any atom is -0.310 e. The van der Waals surface area contributed by atoms with E-state index in [1.54, 1.807) is 0 Å². The summed E-state index contributed by atoms with van der Waals surface area (Å²) in [5.74, 6) is 0.000314. The third kappa shape index (κ3) is 4.39. The number of para-hydroxylation sites is 2. The Morgan fingerprint density at radius 1 is 0.438 bits per heavy atom. The van der Waals surface area contributed by atoms with E-state index >= 15 is 0 Å². The summed E-state index contributed by atoms with van der Waals surface area (Å²) in [5.41, 5.74) is 8.70. The van der Waals surface area contributed by atoms with Crippen LogP contribution in [0.2, 0.25) is 0 Å². The van der Waals surface area contributed by atoms with Gasteiger partial charge in [-0.2, -0.15) is 0 Å². The van der Waals surface area contributed by atoms with Crippen LogP contribution in [0.25, 0.3) is 32.3 Å². The van der Waals surface area contributed by atoms with Gasteiger partial charge in [0.25, 0.3) is 0 Å². The fraction of sp³-hybridized carbons (Fsp3) is 0.0889. The van der Waals surface area contributed by atoms with Gasteiger partial charge in [-0.15, -0.1) is 0 Å². The molecule has 0 atom stereocenters. The number of ketones is 1. The lowest BCUT2D eigenvalue weighted by Gasteiger charge is -2.33. The smallest absolute Gasteiger partial charge is 0.193 e. The van der Waals surface area contributed by atoms with Crippen molar-refractivity contribution in [3.05, 3.63) is 168 Å². The average Bonchev–Trinajstić information content (AvgIpc) is 3.11. The number of fused-ring (bicyclic) bond motifs is 8. The number of carbonyl (C=O) groups excluding carboxylic acids is 1. The Balaban J connectivity index is 1.49. The minimum atomic E-state index is 0.000314. The first-order valence-electron chi connectivity index (χ1n) is 16.6. The van der Waals surface area contributed by atoms with Crippen molar-refractivity contribution in [3.63, 3.8) is 0 Å². The molecule has 0 saturated heterocycles. The van der Waals surface area contributed by atoms with E-state index in [9.17, 15) is 4.79 Å². The van der Waals surface area contributed by atoms with E-state index < -0.39 is 0 Å². The van der Waals surface area contributed by atoms with E-state index in [0.29, 0.717) is 11.1 Å². The number of hydrogen-bond donors (Lipinski definition) is 0. The molecule has 0 amide bonds. The van der Waals surface area contributed by atoms with Gasteiger partial charge < -0.3 is 9.80 Å². The van der Waals surface area contributed by atoms with Crippen molar-refractivity contribution < 1.29 is 4.79 Å². The van der Waals surface area contributed by atoms with E-state index in [4.69, 9.17) is 0 Å². The van der Waals surface area contributed by atoms with Crippen molar-refractivity contribution in [2.45, 2.75) is 26.2 Å². The van der Waals surface area contributed by atoms with Crippen LogP contribution in [0.5, 0.6) is 0 Å². The van der Waals surface area contributed by atoms with Crippen molar-refractivity contribution in [1.29, 1.82) is 0 Å². The van der Waals surface area contributed by atoms with E-state index in [1.807, 2.05) is 48.5 Å². The summed E-state index contributed by atoms with van der Waals surface area (Å²) >= 11 is 0. The van der Waals surface area contributed by atoms with Crippen molar-refractivity contribution in [3.8, 4) is 0 Å². The number of anilines is 6. The van der Waals surface area contributed by atoms with E-state index in [-0.39, 0.29) is 11.2 Å². The maximum Gasteiger partial charge on any atom is 0.193 e. The molecule has 48 heavy (non-hydrogen) atoms. The highest BCUT2D eigenvalue weighted by atomic mass is 16.1. The molecule has 8 aromatic carbocycles. The van der Waals surface area contributed by atoms with Gasteiger partial charge in [-0.3, -0.25) is 4.79 Å². The number of hydrogen-bond acceptors (Lipinski definition) is 3. The molecule has 3 heteroatoms. The summed E-state index contributed by atoms with van der Waals surface area (Å²) in [6.07, 6.45) is 0. The van der Waals surface area contributed by atoms with Crippen molar-refractivity contribution >= 4 is 72.2 Å². The van der Waals surface area contributed by atoms with Gasteiger partial charge in [-0.25, -0.2) is 0 Å². The SMILES string of the molecule is CC(C)(C)c1cc2ccc3c4cc(c5ccc(c1)c2c35)N(c1ccccc1)c1cccc(c1)C(=O)c1cccc(c1)N4c1ccccc1. The summed E-state index contributed by atoms with van der Waals surface area (Å²) < 4.78 is 0. The third-order valence-corrected chi connectivity index (χ3v) is 9.78. The fourth-order valence-electron chi connectivity index (χ4n) is 7.43. The first-order chi connectivity index (χ1) is 23.3. The number of carbonyl (C=O) groups is 1. The Hall–Kier alpha value is -5.93. The Kier molecular flexibility index (Phi) is 6.22. The molecule has 1 aliphatic rings. The zero-order chi connectivity index (χ0) is 32.6. The third-order valence-electron chi connectivity index (χ3n) is 9.78. The van der Waals surface area contributed by atoms with Gasteiger partial charge in [0.1, 0.15) is 0 Å². The quantitative estimate of drug-likeness (QED) is 0.180. The molecule has 0 saturated carbocycles. The molecule has 0 fully saturated rings. The zero-order valence-electron chi connectivity index (χ0n) is 27.2. The summed E-state index contributed by atoms with van der Waals surface area (Å²) in [6, 6.07) is 53.3. The second-order valence-electron chi connectivity index (χ2n) is 13.8. The first-order valence-corrected chi connectivity index (χ1v) is 16.6. The lowest BCUT2D eigenvalue weighted by Crippen LogP contribution is -2.16. The molecule has 8 aromatic rings. The average molecular weight is 619 g/mol. The zero-order valence-corrected chi connectivity index (χ0v) is 27.2. The van der Waals surface area contributed by atoms with Gasteiger partial charge in [0.05, 0.1) is 11.4 Å². The standard InChI is InChI=1S/C45H34N2O/c1-45(2,3)33-24-29-20-22-38-40-28-41(39-23-21-30(25-33)42(29)43(38)39)47(35-16-8-5-9-17-35)37-19-11-13-32(27-37)44(48)31-12-10-18-36(26-31)46(40)34-14-6-4-7-15-34/h4-28H,1-3H3. The lowest BCUT2D eigenvalue weighted by molar-refractivity contribution is 0.103. The summed E-state index contributed by atoms with van der Waals surface area (Å²) in [6.45, 7) is 6.84. The number of benzene rings is 8. The Bertz CT molecular complexity index is 2350. The Morgan fingerprint density at radius 3 is 1.35 bits per heavy atom. The highest BCUT2D eigenvalue weighted by molar-refractivity contribution is 6.29. The number of nitrogens with zero attached hydrogens (tertiary/aromatic N) is 2. The van der Waals surface area contributed by atoms with Gasteiger partial charge in [-0.05, 0) is 81.7 Å². The van der Waals surface area contributed by atoms with Crippen LogP contribution in [0.3, 0.4) is 0 Å². The van der Waals surface area contributed by atoms with Crippen LogP contribution in [0, 0.1) is 0 Å². The van der Waals surface area contributed by atoms with Crippen LogP contribution in [0.1, 0.15) is 42.3 Å². The van der Waals surface area contributed by atoms with Crippen molar-refractivity contribution in [1.82, 2.24) is 0 Å². The molecular formula is C45H34N2O. The first kappa shape index (κ1) is 28.3. The summed E-state index contributed by atoms with van der Waals surface area (Å²) in [4.78, 5) is 18.7. The molecule has 3 nitrogen and oxygen atoms in total. The van der Waals surface area contributed by atoms with E-state index in [0.717, 1.165) is 44.9 Å². The lowest BCUT2D eigenvalue weighted by atomic mass is 9.83. The molecule has 1 heterocycles. The maximum absolute atomic E-state index is 14.1. The topological polar surface area (TPSA) is 23.6 Å². The predicted molar refractivity (Wildman–Crippen MR) is 202 cm³/mol. The maximum atomic E-state index is 14.1. The fourth-order valence-corrected chi connectivity index (χ4v) is 7.43. The molecule has 9 rings (SSSR count). The molecule has 0 aliphatic carbocycles. The van der Waals surface area contributed by atoms with Crippen LogP contribution in [-0.2, 0) is 5.41 Å². The monoisotopic (exact) mass is 618 g/mol. The van der Waals surface area contributed by atoms with Crippen LogP contribution >= 0.6 is 0 Å². The molecular weight excluding hydrogens is 585 g/mol. The molecule has 6 bridgehead atoms. The largest absolute Gasteiger partial charge is 0.310 e. The van der Waals surface area contributed by atoms with Gasteiger partial charge in [0, 0.05) is 50.0 Å². The normalized spacial score (nSPS) is 13.3. The van der Waals surface area contributed by atoms with Crippen LogP contribution in [0.4, 0.5) is 34.1 Å². The molecule has 0 spiro atoms. The van der Waals surface area contributed by atoms with Gasteiger partial charge in [0.15, 0.2) is 5.78 Å². The van der Waals surface area contributed by atoms with Gasteiger partial charge >= 0.3 is 0 Å². The Morgan fingerprint density at radius 2 is 0.896 bits per heavy atom. The molecule has 0 radical (unpaired) electrons. The highest BCUT2D eigenvalue weighted by Crippen LogP contribution is 2.50. The van der Waals surface area contributed by atoms with Crippen molar-refractivity contribution in [2.75, 3.05) is 9.80 Å². The summed E-state index contributed by atoms with van der Waals surface area (Å²) in [7, 11) is 0. The molecule has 0 N–H and O–H groups in total.